The molecule has 2 atom stereocenters. The van der Waals surface area contributed by atoms with Crippen LogP contribution in [0, 0.1) is 17.9 Å². The molecular weight excluding hydrogens is 390 g/mol. The average Bonchev–Trinajstić information content (AvgIpc) is 3.16. The number of aromatic nitrogens is 2. The Hall–Kier alpha value is -3.22. The lowest BCUT2D eigenvalue weighted by Gasteiger charge is -2.25. The number of aliphatic imine (C=N–C) groups is 1. The SMILES string of the molecule is [C-]#[N+]C1C(c2ccccc2)=Nc2[nH]ncc2C1c1cccc(C#N)c1Br. The van der Waals surface area contributed by atoms with Crippen molar-refractivity contribution in [1.82, 2.24) is 10.2 Å². The summed E-state index contributed by atoms with van der Waals surface area (Å²) in [5, 5.41) is 16.4. The first-order valence-corrected chi connectivity index (χ1v) is 8.76. The van der Waals surface area contributed by atoms with E-state index in [2.05, 4.69) is 42.0 Å². The van der Waals surface area contributed by atoms with Crippen LogP contribution in [-0.4, -0.2) is 22.0 Å². The molecule has 2 heterocycles. The van der Waals surface area contributed by atoms with Gasteiger partial charge in [0.15, 0.2) is 5.82 Å². The third kappa shape index (κ3) is 2.52. The molecule has 0 fully saturated rings. The Bertz CT molecular complexity index is 1090. The Morgan fingerprint density at radius 1 is 1.12 bits per heavy atom. The molecule has 1 N–H and O–H groups in total. The predicted octanol–water partition coefficient (Wildman–Crippen LogP) is 4.60. The minimum absolute atomic E-state index is 0.267. The molecule has 26 heavy (non-hydrogen) atoms. The molecule has 3 aromatic rings. The molecule has 124 valence electrons. The van der Waals surface area contributed by atoms with Gasteiger partial charge in [0, 0.05) is 15.6 Å². The first kappa shape index (κ1) is 16.3. The molecule has 1 aliphatic heterocycles. The largest absolute Gasteiger partial charge is 0.306 e. The zero-order chi connectivity index (χ0) is 18.1. The van der Waals surface area contributed by atoms with Crippen molar-refractivity contribution in [2.75, 3.05) is 0 Å². The summed E-state index contributed by atoms with van der Waals surface area (Å²) in [6.07, 6.45) is 1.72. The summed E-state index contributed by atoms with van der Waals surface area (Å²) in [5.74, 6) is 0.389. The number of fused-ring (bicyclic) bond motifs is 1. The third-order valence-corrected chi connectivity index (χ3v) is 5.39. The van der Waals surface area contributed by atoms with Gasteiger partial charge in [0.1, 0.15) is 11.8 Å². The number of nitriles is 1. The Labute approximate surface area is 159 Å². The topological polar surface area (TPSA) is 69.2 Å². The normalized spacial score (nSPS) is 18.3. The summed E-state index contributed by atoms with van der Waals surface area (Å²) in [4.78, 5) is 8.59. The summed E-state index contributed by atoms with van der Waals surface area (Å²) in [6.45, 7) is 7.85. The van der Waals surface area contributed by atoms with Gasteiger partial charge in [0.05, 0.1) is 17.7 Å². The second-order valence-corrected chi connectivity index (χ2v) is 6.70. The lowest BCUT2D eigenvalue weighted by atomic mass is 9.80. The fourth-order valence-electron chi connectivity index (χ4n) is 3.31. The van der Waals surface area contributed by atoms with Gasteiger partial charge in [-0.1, -0.05) is 42.5 Å². The number of halogens is 1. The van der Waals surface area contributed by atoms with Crippen LogP contribution < -0.4 is 0 Å². The number of nitrogens with zero attached hydrogens (tertiary/aromatic N) is 4. The second kappa shape index (κ2) is 6.59. The van der Waals surface area contributed by atoms with Crippen LogP contribution in [-0.2, 0) is 0 Å². The molecule has 1 aliphatic rings. The van der Waals surface area contributed by atoms with E-state index in [9.17, 15) is 5.26 Å². The van der Waals surface area contributed by atoms with Crippen molar-refractivity contribution >= 4 is 27.5 Å². The van der Waals surface area contributed by atoms with E-state index < -0.39 is 6.04 Å². The van der Waals surface area contributed by atoms with E-state index in [1.807, 2.05) is 42.5 Å². The van der Waals surface area contributed by atoms with Gasteiger partial charge in [-0.05, 0) is 27.6 Å². The molecule has 2 aromatic carbocycles. The van der Waals surface area contributed by atoms with Crippen LogP contribution in [0.15, 0.2) is 64.2 Å². The Kier molecular flexibility index (Phi) is 4.12. The first-order valence-electron chi connectivity index (χ1n) is 7.97. The number of nitrogens with one attached hydrogen (secondary N) is 1. The minimum atomic E-state index is -0.507. The lowest BCUT2D eigenvalue weighted by molar-refractivity contribution is 0.789. The number of aromatic amines is 1. The van der Waals surface area contributed by atoms with Gasteiger partial charge in [-0.15, -0.1) is 0 Å². The van der Waals surface area contributed by atoms with Crippen LogP contribution in [0.2, 0.25) is 0 Å². The molecule has 1 aromatic heterocycles. The lowest BCUT2D eigenvalue weighted by Crippen LogP contribution is -2.30. The molecule has 0 saturated heterocycles. The highest BCUT2D eigenvalue weighted by molar-refractivity contribution is 9.10. The molecular formula is C20H12BrN5. The maximum Gasteiger partial charge on any atom is 0.276 e. The van der Waals surface area contributed by atoms with Gasteiger partial charge >= 0.3 is 0 Å². The number of hydrogen-bond acceptors (Lipinski definition) is 3. The summed E-state index contributed by atoms with van der Waals surface area (Å²) >= 11 is 3.55. The molecule has 0 amide bonds. The fourth-order valence-corrected chi connectivity index (χ4v) is 3.91. The highest BCUT2D eigenvalue weighted by Gasteiger charge is 2.42. The summed E-state index contributed by atoms with van der Waals surface area (Å²) in [5.41, 5.74) is 3.90. The number of rotatable bonds is 2. The Morgan fingerprint density at radius 2 is 1.92 bits per heavy atom. The van der Waals surface area contributed by atoms with E-state index in [0.29, 0.717) is 21.6 Å². The number of benzene rings is 2. The van der Waals surface area contributed by atoms with Crippen molar-refractivity contribution in [2.24, 2.45) is 4.99 Å². The molecule has 6 heteroatoms. The molecule has 5 nitrogen and oxygen atoms in total. The molecule has 0 aliphatic carbocycles. The van der Waals surface area contributed by atoms with Gasteiger partial charge in [0.25, 0.3) is 6.04 Å². The number of H-pyrrole nitrogens is 1. The fraction of sp³-hybridized carbons (Fsp3) is 0.100. The molecule has 0 saturated carbocycles. The van der Waals surface area contributed by atoms with E-state index in [1.54, 1.807) is 12.3 Å². The monoisotopic (exact) mass is 401 g/mol. The van der Waals surface area contributed by atoms with Crippen LogP contribution in [0.5, 0.6) is 0 Å². The predicted molar refractivity (Wildman–Crippen MR) is 102 cm³/mol. The quantitative estimate of drug-likeness (QED) is 0.637. The van der Waals surface area contributed by atoms with E-state index in [4.69, 9.17) is 6.57 Å². The van der Waals surface area contributed by atoms with Crippen molar-refractivity contribution in [1.29, 1.82) is 5.26 Å². The van der Waals surface area contributed by atoms with Crippen molar-refractivity contribution in [2.45, 2.75) is 12.0 Å². The van der Waals surface area contributed by atoms with E-state index in [1.165, 1.54) is 0 Å². The molecule has 0 spiro atoms. The van der Waals surface area contributed by atoms with Gasteiger partial charge in [-0.3, -0.25) is 5.10 Å². The standard InChI is InChI=1S/C20H12BrN5/c1-23-19-16(14-9-5-8-13(10-22)17(14)21)15-11-24-26-20(15)25-18(19)12-6-3-2-4-7-12/h2-9,11,16,19H,(H,24,26). The third-order valence-electron chi connectivity index (χ3n) is 4.50. The Balaban J connectivity index is 1.95. The zero-order valence-electron chi connectivity index (χ0n) is 13.5. The van der Waals surface area contributed by atoms with E-state index >= 15 is 0 Å². The first-order chi connectivity index (χ1) is 12.7. The van der Waals surface area contributed by atoms with Crippen molar-refractivity contribution in [3.63, 3.8) is 0 Å². The van der Waals surface area contributed by atoms with Gasteiger partial charge < -0.3 is 4.85 Å². The van der Waals surface area contributed by atoms with Crippen LogP contribution in [0.1, 0.15) is 28.2 Å². The molecule has 4 rings (SSSR count). The van der Waals surface area contributed by atoms with Gasteiger partial charge in [-0.2, -0.15) is 10.4 Å². The maximum absolute atomic E-state index is 9.37. The molecule has 2 unspecified atom stereocenters. The van der Waals surface area contributed by atoms with Crippen molar-refractivity contribution < 1.29 is 0 Å². The van der Waals surface area contributed by atoms with Gasteiger partial charge in [0.2, 0.25) is 0 Å². The summed E-state index contributed by atoms with van der Waals surface area (Å²) in [6, 6.07) is 16.9. The van der Waals surface area contributed by atoms with Crippen LogP contribution >= 0.6 is 15.9 Å². The van der Waals surface area contributed by atoms with Crippen molar-refractivity contribution in [3.05, 3.63) is 92.9 Å². The summed E-state index contributed by atoms with van der Waals surface area (Å²) < 4.78 is 0.711. The van der Waals surface area contributed by atoms with Crippen LogP contribution in [0.4, 0.5) is 5.82 Å². The second-order valence-electron chi connectivity index (χ2n) is 5.91. The van der Waals surface area contributed by atoms with E-state index in [0.717, 1.165) is 16.7 Å². The minimum Gasteiger partial charge on any atom is -0.306 e. The highest BCUT2D eigenvalue weighted by Crippen LogP contribution is 2.43. The smallest absolute Gasteiger partial charge is 0.276 e. The van der Waals surface area contributed by atoms with Gasteiger partial charge in [-0.25, -0.2) is 11.6 Å². The Morgan fingerprint density at radius 3 is 2.65 bits per heavy atom. The van der Waals surface area contributed by atoms with E-state index in [-0.39, 0.29) is 5.92 Å². The summed E-state index contributed by atoms with van der Waals surface area (Å²) in [7, 11) is 0. The number of hydrogen-bond donors (Lipinski definition) is 1. The molecule has 0 radical (unpaired) electrons. The highest BCUT2D eigenvalue weighted by atomic mass is 79.9. The average molecular weight is 402 g/mol. The van der Waals surface area contributed by atoms with Crippen molar-refractivity contribution in [3.8, 4) is 6.07 Å². The van der Waals surface area contributed by atoms with Crippen LogP contribution in [0.3, 0.4) is 0 Å². The zero-order valence-corrected chi connectivity index (χ0v) is 15.1. The maximum atomic E-state index is 9.37. The molecule has 0 bridgehead atoms. The van der Waals surface area contributed by atoms with Crippen LogP contribution in [0.25, 0.3) is 4.85 Å².